The van der Waals surface area contributed by atoms with E-state index in [0.29, 0.717) is 18.4 Å². The minimum atomic E-state index is -0.664. The standard InChI is InChI=1S/C26H35F2N5O/c1-16(2)22-14-24(31-29-22)26-20(27)12-19(13-21(26)28)34-11-5-6-18-7-9-33(10-8-18)25-15-23(17(3)4)30-32-25/h12-18H,5-11H2,1-4H3,(H,29,31)(H,30,32). The number of nitrogens with one attached hydrogen (secondary N) is 2. The van der Waals surface area contributed by atoms with Crippen LogP contribution in [0.25, 0.3) is 11.3 Å². The van der Waals surface area contributed by atoms with Crippen LogP contribution in [0.5, 0.6) is 5.75 Å². The number of H-pyrrole nitrogens is 2. The number of aromatic amines is 2. The number of anilines is 1. The van der Waals surface area contributed by atoms with Crippen molar-refractivity contribution >= 4 is 5.82 Å². The number of halogens is 2. The summed E-state index contributed by atoms with van der Waals surface area (Å²) in [6, 6.07) is 6.33. The zero-order chi connectivity index (χ0) is 24.2. The third kappa shape index (κ3) is 5.59. The van der Waals surface area contributed by atoms with Crippen LogP contribution in [0.15, 0.2) is 24.3 Å². The first-order chi connectivity index (χ1) is 16.3. The van der Waals surface area contributed by atoms with E-state index < -0.39 is 11.6 Å². The van der Waals surface area contributed by atoms with E-state index in [4.69, 9.17) is 4.74 Å². The Balaban J connectivity index is 1.23. The molecule has 0 aliphatic carbocycles. The molecule has 6 nitrogen and oxygen atoms in total. The van der Waals surface area contributed by atoms with Gasteiger partial charge >= 0.3 is 0 Å². The van der Waals surface area contributed by atoms with Gasteiger partial charge in [0.25, 0.3) is 0 Å². The Kier molecular flexibility index (Phi) is 7.54. The molecule has 1 aliphatic heterocycles. The van der Waals surface area contributed by atoms with Crippen LogP contribution in [0.2, 0.25) is 0 Å². The first-order valence-corrected chi connectivity index (χ1v) is 12.3. The minimum absolute atomic E-state index is 0.125. The van der Waals surface area contributed by atoms with Gasteiger partial charge in [0, 0.05) is 42.7 Å². The topological polar surface area (TPSA) is 69.8 Å². The summed E-state index contributed by atoms with van der Waals surface area (Å²) in [5, 5.41) is 14.5. The van der Waals surface area contributed by atoms with Gasteiger partial charge in [0.15, 0.2) is 5.82 Å². The number of nitrogens with zero attached hydrogens (tertiary/aromatic N) is 3. The fourth-order valence-corrected chi connectivity index (χ4v) is 4.43. The quantitative estimate of drug-likeness (QED) is 0.354. The molecule has 0 unspecified atom stereocenters. The van der Waals surface area contributed by atoms with Gasteiger partial charge in [-0.05, 0) is 49.5 Å². The van der Waals surface area contributed by atoms with Crippen LogP contribution < -0.4 is 9.64 Å². The molecule has 2 aromatic heterocycles. The number of aromatic nitrogens is 4. The Morgan fingerprint density at radius 1 is 0.941 bits per heavy atom. The number of rotatable bonds is 9. The predicted octanol–water partition coefficient (Wildman–Crippen LogP) is 6.40. The molecule has 0 saturated carbocycles. The highest BCUT2D eigenvalue weighted by molar-refractivity contribution is 5.62. The van der Waals surface area contributed by atoms with E-state index in [0.717, 1.165) is 50.3 Å². The van der Waals surface area contributed by atoms with Crippen molar-refractivity contribution in [1.29, 1.82) is 0 Å². The molecule has 1 saturated heterocycles. The lowest BCUT2D eigenvalue weighted by atomic mass is 9.92. The van der Waals surface area contributed by atoms with Crippen LogP contribution in [0.1, 0.15) is 76.6 Å². The fraction of sp³-hybridized carbons (Fsp3) is 0.538. The molecule has 1 aromatic carbocycles. The van der Waals surface area contributed by atoms with Gasteiger partial charge in [-0.3, -0.25) is 10.2 Å². The van der Waals surface area contributed by atoms with Crippen LogP contribution >= 0.6 is 0 Å². The van der Waals surface area contributed by atoms with Crippen LogP contribution in [0.4, 0.5) is 14.6 Å². The van der Waals surface area contributed by atoms with Gasteiger partial charge in [-0.15, -0.1) is 0 Å². The zero-order valence-electron chi connectivity index (χ0n) is 20.5. The molecular weight excluding hydrogens is 436 g/mol. The lowest BCUT2D eigenvalue weighted by Crippen LogP contribution is -2.34. The average Bonchev–Trinajstić information content (AvgIpc) is 3.47. The summed E-state index contributed by atoms with van der Waals surface area (Å²) in [7, 11) is 0. The summed E-state index contributed by atoms with van der Waals surface area (Å²) in [5.74, 6) is 1.20. The maximum Gasteiger partial charge on any atom is 0.150 e. The number of hydrogen-bond donors (Lipinski definition) is 2. The number of benzene rings is 1. The molecule has 0 spiro atoms. The van der Waals surface area contributed by atoms with Crippen LogP contribution in [0.3, 0.4) is 0 Å². The van der Waals surface area contributed by atoms with Crippen molar-refractivity contribution in [2.75, 3.05) is 24.6 Å². The molecular formula is C26H35F2N5O. The monoisotopic (exact) mass is 471 g/mol. The molecule has 184 valence electrons. The van der Waals surface area contributed by atoms with E-state index >= 15 is 0 Å². The predicted molar refractivity (Wildman–Crippen MR) is 130 cm³/mol. The molecule has 34 heavy (non-hydrogen) atoms. The maximum atomic E-state index is 14.6. The van der Waals surface area contributed by atoms with E-state index in [1.54, 1.807) is 6.07 Å². The SMILES string of the molecule is CC(C)c1cc(-c2c(F)cc(OCCCC3CCN(c4cc(C(C)C)[nH]n4)CC3)cc2F)n[nH]1. The highest BCUT2D eigenvalue weighted by Crippen LogP contribution is 2.31. The van der Waals surface area contributed by atoms with Gasteiger partial charge in [-0.2, -0.15) is 10.2 Å². The van der Waals surface area contributed by atoms with E-state index in [1.165, 1.54) is 17.8 Å². The average molecular weight is 472 g/mol. The molecule has 3 aromatic rings. The number of ether oxygens (including phenoxy) is 1. The summed E-state index contributed by atoms with van der Waals surface area (Å²) < 4.78 is 35.0. The van der Waals surface area contributed by atoms with E-state index in [2.05, 4.69) is 45.2 Å². The third-order valence-electron chi connectivity index (χ3n) is 6.66. The van der Waals surface area contributed by atoms with Gasteiger partial charge in [0.1, 0.15) is 17.4 Å². The summed E-state index contributed by atoms with van der Waals surface area (Å²) >= 11 is 0. The van der Waals surface area contributed by atoms with E-state index in [-0.39, 0.29) is 22.9 Å². The Bertz CT molecular complexity index is 1060. The molecule has 3 heterocycles. The summed E-state index contributed by atoms with van der Waals surface area (Å²) in [6.45, 7) is 10.7. The molecule has 2 N–H and O–H groups in total. The Morgan fingerprint density at radius 2 is 1.56 bits per heavy atom. The lowest BCUT2D eigenvalue weighted by molar-refractivity contribution is 0.277. The number of piperidine rings is 1. The van der Waals surface area contributed by atoms with Gasteiger partial charge in [0.05, 0.1) is 17.9 Å². The highest BCUT2D eigenvalue weighted by atomic mass is 19.1. The van der Waals surface area contributed by atoms with Gasteiger partial charge in [-0.25, -0.2) is 8.78 Å². The normalized spacial score (nSPS) is 15.0. The Morgan fingerprint density at radius 3 is 2.15 bits per heavy atom. The summed E-state index contributed by atoms with van der Waals surface area (Å²) in [4.78, 5) is 2.34. The molecule has 0 radical (unpaired) electrons. The fourth-order valence-electron chi connectivity index (χ4n) is 4.43. The van der Waals surface area contributed by atoms with E-state index in [1.807, 2.05) is 13.8 Å². The van der Waals surface area contributed by atoms with Crippen molar-refractivity contribution in [1.82, 2.24) is 20.4 Å². The van der Waals surface area contributed by atoms with E-state index in [9.17, 15) is 8.78 Å². The van der Waals surface area contributed by atoms with Crippen molar-refractivity contribution in [3.63, 3.8) is 0 Å². The highest BCUT2D eigenvalue weighted by Gasteiger charge is 2.22. The molecule has 8 heteroatoms. The Hall–Kier alpha value is -2.90. The second kappa shape index (κ2) is 10.6. The van der Waals surface area contributed by atoms with Crippen molar-refractivity contribution in [2.24, 2.45) is 5.92 Å². The van der Waals surface area contributed by atoms with Crippen LogP contribution in [0, 0.1) is 17.6 Å². The van der Waals surface area contributed by atoms with Crippen molar-refractivity contribution in [3.05, 3.63) is 47.3 Å². The van der Waals surface area contributed by atoms with Crippen LogP contribution in [-0.4, -0.2) is 40.1 Å². The summed E-state index contributed by atoms with van der Waals surface area (Å²) in [5.41, 5.74) is 2.15. The zero-order valence-corrected chi connectivity index (χ0v) is 20.5. The molecule has 0 atom stereocenters. The van der Waals surface area contributed by atoms with Crippen molar-refractivity contribution in [3.8, 4) is 17.0 Å². The molecule has 0 amide bonds. The largest absolute Gasteiger partial charge is 0.493 e. The smallest absolute Gasteiger partial charge is 0.150 e. The maximum absolute atomic E-state index is 14.6. The van der Waals surface area contributed by atoms with Crippen molar-refractivity contribution in [2.45, 2.75) is 65.2 Å². The molecule has 1 fully saturated rings. The molecule has 1 aliphatic rings. The second-order valence-corrected chi connectivity index (χ2v) is 9.88. The van der Waals surface area contributed by atoms with Crippen molar-refractivity contribution < 1.29 is 13.5 Å². The van der Waals surface area contributed by atoms with Gasteiger partial charge < -0.3 is 9.64 Å². The number of hydrogen-bond acceptors (Lipinski definition) is 4. The molecule has 4 rings (SSSR count). The lowest BCUT2D eigenvalue weighted by Gasteiger charge is -2.32. The van der Waals surface area contributed by atoms with Crippen LogP contribution in [-0.2, 0) is 0 Å². The Labute approximate surface area is 200 Å². The van der Waals surface area contributed by atoms with Gasteiger partial charge in [0.2, 0.25) is 0 Å². The third-order valence-corrected chi connectivity index (χ3v) is 6.66. The first kappa shape index (κ1) is 24.2. The minimum Gasteiger partial charge on any atom is -0.493 e. The molecule has 0 bridgehead atoms. The first-order valence-electron chi connectivity index (χ1n) is 12.3. The summed E-state index contributed by atoms with van der Waals surface area (Å²) in [6.07, 6.45) is 4.13. The second-order valence-electron chi connectivity index (χ2n) is 9.88. The van der Waals surface area contributed by atoms with Gasteiger partial charge in [-0.1, -0.05) is 27.7 Å².